The van der Waals surface area contributed by atoms with E-state index in [-0.39, 0.29) is 5.75 Å². The van der Waals surface area contributed by atoms with E-state index < -0.39 is 0 Å². The van der Waals surface area contributed by atoms with Crippen molar-refractivity contribution in [3.05, 3.63) is 23.3 Å². The Morgan fingerprint density at radius 3 is 2.45 bits per heavy atom. The van der Waals surface area contributed by atoms with Gasteiger partial charge in [-0.25, -0.2) is 0 Å². The first kappa shape index (κ1) is 15.2. The van der Waals surface area contributed by atoms with Gasteiger partial charge in [-0.1, -0.05) is 51.5 Å². The number of rotatable bonds is 6. The molecule has 112 valence electrons. The number of aromatic hydroxyl groups is 2. The van der Waals surface area contributed by atoms with E-state index in [0.29, 0.717) is 11.7 Å². The summed E-state index contributed by atoms with van der Waals surface area (Å²) in [5.41, 5.74) is 1.83. The lowest BCUT2D eigenvalue weighted by Crippen LogP contribution is -2.06. The zero-order valence-corrected chi connectivity index (χ0v) is 12.7. The van der Waals surface area contributed by atoms with Gasteiger partial charge in [0.25, 0.3) is 0 Å². The number of phenols is 2. The van der Waals surface area contributed by atoms with Crippen LogP contribution in [-0.4, -0.2) is 10.2 Å². The van der Waals surface area contributed by atoms with Gasteiger partial charge in [0.2, 0.25) is 0 Å². The van der Waals surface area contributed by atoms with Crippen LogP contribution in [-0.2, 0) is 6.42 Å². The smallest absolute Gasteiger partial charge is 0.125 e. The summed E-state index contributed by atoms with van der Waals surface area (Å²) in [7, 11) is 0. The number of hydrogen-bond donors (Lipinski definition) is 2. The molecule has 1 aliphatic carbocycles. The first-order chi connectivity index (χ1) is 9.74. The van der Waals surface area contributed by atoms with E-state index >= 15 is 0 Å². The lowest BCUT2D eigenvalue weighted by Gasteiger charge is -2.24. The van der Waals surface area contributed by atoms with Crippen molar-refractivity contribution in [2.24, 2.45) is 0 Å². The van der Waals surface area contributed by atoms with E-state index in [1.54, 1.807) is 6.07 Å². The molecule has 2 heteroatoms. The van der Waals surface area contributed by atoms with Crippen LogP contribution in [0.2, 0.25) is 0 Å². The molecule has 0 aromatic heterocycles. The zero-order valence-electron chi connectivity index (χ0n) is 12.7. The predicted octanol–water partition coefficient (Wildman–Crippen LogP) is 5.27. The topological polar surface area (TPSA) is 40.5 Å². The third-order valence-corrected chi connectivity index (χ3v) is 4.59. The van der Waals surface area contributed by atoms with Gasteiger partial charge >= 0.3 is 0 Å². The molecule has 20 heavy (non-hydrogen) atoms. The molecule has 1 saturated carbocycles. The molecule has 0 saturated heterocycles. The first-order valence-electron chi connectivity index (χ1n) is 8.27. The van der Waals surface area contributed by atoms with Crippen molar-refractivity contribution in [2.45, 2.75) is 77.0 Å². The Balaban J connectivity index is 2.10. The Labute approximate surface area is 122 Å². The van der Waals surface area contributed by atoms with Gasteiger partial charge in [0.15, 0.2) is 0 Å². The molecule has 1 aromatic rings. The van der Waals surface area contributed by atoms with Crippen LogP contribution in [0.25, 0.3) is 0 Å². The maximum Gasteiger partial charge on any atom is 0.125 e. The molecular weight excluding hydrogens is 248 g/mol. The summed E-state index contributed by atoms with van der Waals surface area (Å²) < 4.78 is 0. The Hall–Kier alpha value is -1.18. The van der Waals surface area contributed by atoms with Crippen LogP contribution in [0.15, 0.2) is 12.1 Å². The van der Waals surface area contributed by atoms with Crippen LogP contribution in [0.1, 0.15) is 81.8 Å². The molecule has 1 aromatic carbocycles. The van der Waals surface area contributed by atoms with Crippen molar-refractivity contribution in [3.8, 4) is 11.5 Å². The average Bonchev–Trinajstić information content (AvgIpc) is 2.47. The molecule has 0 radical (unpaired) electrons. The van der Waals surface area contributed by atoms with E-state index in [4.69, 9.17) is 0 Å². The second-order valence-electron chi connectivity index (χ2n) is 6.15. The number of aryl methyl sites for hydroxylation is 1. The van der Waals surface area contributed by atoms with Gasteiger partial charge in [-0.05, 0) is 43.2 Å². The fraction of sp³-hybridized carbons (Fsp3) is 0.667. The summed E-state index contributed by atoms with van der Waals surface area (Å²) in [5, 5.41) is 20.6. The molecule has 2 N–H and O–H groups in total. The Kier molecular flexibility index (Phi) is 5.75. The molecule has 2 rings (SSSR count). The highest BCUT2D eigenvalue weighted by Crippen LogP contribution is 2.43. The summed E-state index contributed by atoms with van der Waals surface area (Å²) in [6.45, 7) is 2.21. The second-order valence-corrected chi connectivity index (χ2v) is 6.15. The minimum absolute atomic E-state index is 0.284. The van der Waals surface area contributed by atoms with E-state index in [1.807, 2.05) is 6.07 Å². The molecule has 0 heterocycles. The predicted molar refractivity (Wildman–Crippen MR) is 83.4 cm³/mol. The summed E-state index contributed by atoms with van der Waals surface area (Å²) >= 11 is 0. The zero-order chi connectivity index (χ0) is 14.4. The standard InChI is InChI=1S/C18H28O2/c1-2-3-4-6-11-15-12-13-16(19)17(18(15)20)14-9-7-5-8-10-14/h12-14,19-20H,2-11H2,1H3. The van der Waals surface area contributed by atoms with E-state index in [9.17, 15) is 10.2 Å². The van der Waals surface area contributed by atoms with Crippen LogP contribution in [0.5, 0.6) is 11.5 Å². The molecule has 0 aliphatic heterocycles. The molecular formula is C18H28O2. The van der Waals surface area contributed by atoms with Crippen molar-refractivity contribution >= 4 is 0 Å². The lowest BCUT2D eigenvalue weighted by molar-refractivity contribution is 0.386. The number of phenolic OH excluding ortho intramolecular Hbond substituents is 2. The van der Waals surface area contributed by atoms with Crippen molar-refractivity contribution in [1.29, 1.82) is 0 Å². The molecule has 0 amide bonds. The minimum atomic E-state index is 0.284. The molecule has 2 nitrogen and oxygen atoms in total. The van der Waals surface area contributed by atoms with Crippen LogP contribution in [0.3, 0.4) is 0 Å². The van der Waals surface area contributed by atoms with Crippen LogP contribution in [0.4, 0.5) is 0 Å². The maximum absolute atomic E-state index is 10.5. The van der Waals surface area contributed by atoms with E-state index in [0.717, 1.165) is 36.8 Å². The fourth-order valence-corrected chi connectivity index (χ4v) is 3.38. The van der Waals surface area contributed by atoms with Gasteiger partial charge in [-0.15, -0.1) is 0 Å². The van der Waals surface area contributed by atoms with Gasteiger partial charge in [0.1, 0.15) is 11.5 Å². The summed E-state index contributed by atoms with van der Waals surface area (Å²) in [6.07, 6.45) is 11.7. The SMILES string of the molecule is CCCCCCc1ccc(O)c(C2CCCCC2)c1O. The Bertz CT molecular complexity index is 420. The molecule has 1 aliphatic rings. The monoisotopic (exact) mass is 276 g/mol. The minimum Gasteiger partial charge on any atom is -0.508 e. The van der Waals surface area contributed by atoms with Gasteiger partial charge < -0.3 is 10.2 Å². The van der Waals surface area contributed by atoms with Crippen molar-refractivity contribution in [1.82, 2.24) is 0 Å². The molecule has 0 unspecified atom stereocenters. The quantitative estimate of drug-likeness (QED) is 0.695. The van der Waals surface area contributed by atoms with Gasteiger partial charge in [0, 0.05) is 5.56 Å². The first-order valence-corrected chi connectivity index (χ1v) is 8.27. The highest BCUT2D eigenvalue weighted by Gasteiger charge is 2.23. The third-order valence-electron chi connectivity index (χ3n) is 4.59. The molecule has 0 bridgehead atoms. The third kappa shape index (κ3) is 3.68. The molecule has 0 spiro atoms. The summed E-state index contributed by atoms with van der Waals surface area (Å²) in [6, 6.07) is 3.67. The van der Waals surface area contributed by atoms with Gasteiger partial charge in [-0.3, -0.25) is 0 Å². The lowest BCUT2D eigenvalue weighted by atomic mass is 9.82. The Morgan fingerprint density at radius 2 is 1.75 bits per heavy atom. The number of benzene rings is 1. The van der Waals surface area contributed by atoms with Crippen molar-refractivity contribution in [3.63, 3.8) is 0 Å². The Morgan fingerprint density at radius 1 is 1.00 bits per heavy atom. The van der Waals surface area contributed by atoms with Crippen molar-refractivity contribution in [2.75, 3.05) is 0 Å². The van der Waals surface area contributed by atoms with Crippen LogP contribution in [0, 0.1) is 0 Å². The summed E-state index contributed by atoms with van der Waals surface area (Å²) in [4.78, 5) is 0. The molecule has 0 atom stereocenters. The van der Waals surface area contributed by atoms with Gasteiger partial charge in [-0.2, -0.15) is 0 Å². The maximum atomic E-state index is 10.5. The van der Waals surface area contributed by atoms with Gasteiger partial charge in [0.05, 0.1) is 0 Å². The average molecular weight is 276 g/mol. The number of hydrogen-bond acceptors (Lipinski definition) is 2. The normalized spacial score (nSPS) is 16.4. The largest absolute Gasteiger partial charge is 0.508 e. The van der Waals surface area contributed by atoms with Crippen LogP contribution >= 0.6 is 0 Å². The highest BCUT2D eigenvalue weighted by molar-refractivity contribution is 5.50. The second kappa shape index (κ2) is 7.56. The number of unbranched alkanes of at least 4 members (excludes halogenated alkanes) is 3. The molecule has 1 fully saturated rings. The fourth-order valence-electron chi connectivity index (χ4n) is 3.38. The highest BCUT2D eigenvalue weighted by atomic mass is 16.3. The van der Waals surface area contributed by atoms with Crippen LogP contribution < -0.4 is 0 Å². The van der Waals surface area contributed by atoms with E-state index in [2.05, 4.69) is 6.92 Å². The van der Waals surface area contributed by atoms with E-state index in [1.165, 1.54) is 38.5 Å². The van der Waals surface area contributed by atoms with Crippen molar-refractivity contribution < 1.29 is 10.2 Å². The summed E-state index contributed by atoms with van der Waals surface area (Å²) in [5.74, 6) is 0.999.